The van der Waals surface area contributed by atoms with Crippen molar-refractivity contribution in [2.45, 2.75) is 12.3 Å². The number of nitrogens with one attached hydrogen (secondary N) is 1. The fourth-order valence-corrected chi connectivity index (χ4v) is 3.21. The van der Waals surface area contributed by atoms with Gasteiger partial charge in [0.2, 0.25) is 5.95 Å². The minimum absolute atomic E-state index is 0.0616. The number of anilines is 1. The van der Waals surface area contributed by atoms with Crippen molar-refractivity contribution in [3.8, 4) is 0 Å². The molecule has 1 aliphatic rings. The Balaban J connectivity index is 1.81. The molecule has 1 N–H and O–H groups in total. The van der Waals surface area contributed by atoms with E-state index in [4.69, 9.17) is 4.74 Å². The number of rotatable bonds is 7. The van der Waals surface area contributed by atoms with Crippen molar-refractivity contribution in [1.82, 2.24) is 30.2 Å². The highest BCUT2D eigenvalue weighted by molar-refractivity contribution is 5.96. The fraction of sp³-hybridized carbons (Fsp3) is 0.474. The molecule has 2 amide bonds. The van der Waals surface area contributed by atoms with E-state index in [1.165, 1.54) is 18.7 Å². The van der Waals surface area contributed by atoms with E-state index in [1.54, 1.807) is 23.1 Å². The molecule has 0 aromatic carbocycles. The van der Waals surface area contributed by atoms with E-state index in [1.807, 2.05) is 14.1 Å². The SMILES string of the molecule is COCCNC(=O)c1cnc(N(C)C)nc1C1CCN(C(=O)c2cncnc2)C1. The van der Waals surface area contributed by atoms with Crippen molar-refractivity contribution in [1.29, 1.82) is 0 Å². The van der Waals surface area contributed by atoms with Crippen LogP contribution in [0.1, 0.15) is 38.7 Å². The van der Waals surface area contributed by atoms with Gasteiger partial charge in [0, 0.05) is 65.3 Å². The summed E-state index contributed by atoms with van der Waals surface area (Å²) in [6.07, 6.45) is 6.66. The lowest BCUT2D eigenvalue weighted by Gasteiger charge is -2.19. The number of carbonyl (C=O) groups excluding carboxylic acids is 2. The quantitative estimate of drug-likeness (QED) is 0.663. The first-order valence-electron chi connectivity index (χ1n) is 9.37. The van der Waals surface area contributed by atoms with Gasteiger partial charge in [-0.15, -0.1) is 0 Å². The summed E-state index contributed by atoms with van der Waals surface area (Å²) in [6.45, 7) is 1.86. The second-order valence-corrected chi connectivity index (χ2v) is 6.98. The third kappa shape index (κ3) is 4.83. The Labute approximate surface area is 169 Å². The Kier molecular flexibility index (Phi) is 6.65. The second-order valence-electron chi connectivity index (χ2n) is 6.98. The van der Waals surface area contributed by atoms with Crippen molar-refractivity contribution in [2.24, 2.45) is 0 Å². The van der Waals surface area contributed by atoms with Crippen LogP contribution in [-0.4, -0.2) is 84.1 Å². The maximum atomic E-state index is 12.7. The average Bonchev–Trinajstić information content (AvgIpc) is 3.23. The summed E-state index contributed by atoms with van der Waals surface area (Å²) in [5.74, 6) is 0.0906. The van der Waals surface area contributed by atoms with E-state index >= 15 is 0 Å². The molecule has 1 saturated heterocycles. The minimum atomic E-state index is -0.247. The summed E-state index contributed by atoms with van der Waals surface area (Å²) in [5, 5.41) is 2.82. The molecule has 1 aliphatic heterocycles. The molecule has 0 bridgehead atoms. The molecule has 10 heteroatoms. The third-order valence-corrected chi connectivity index (χ3v) is 4.71. The lowest BCUT2D eigenvalue weighted by atomic mass is 9.99. The predicted molar refractivity (Wildman–Crippen MR) is 106 cm³/mol. The van der Waals surface area contributed by atoms with Gasteiger partial charge in [0.15, 0.2) is 0 Å². The predicted octanol–water partition coefficient (Wildman–Crippen LogP) is 0.339. The van der Waals surface area contributed by atoms with Crippen LogP contribution in [0.25, 0.3) is 0 Å². The van der Waals surface area contributed by atoms with Crippen molar-refractivity contribution in [3.05, 3.63) is 41.7 Å². The van der Waals surface area contributed by atoms with Gasteiger partial charge in [0.05, 0.1) is 23.4 Å². The van der Waals surface area contributed by atoms with Crippen LogP contribution in [0.15, 0.2) is 24.9 Å². The Hall–Kier alpha value is -3.14. The average molecular weight is 399 g/mol. The van der Waals surface area contributed by atoms with Crippen LogP contribution >= 0.6 is 0 Å². The van der Waals surface area contributed by atoms with Crippen LogP contribution in [0, 0.1) is 0 Å². The maximum Gasteiger partial charge on any atom is 0.257 e. The molecule has 1 unspecified atom stereocenters. The molecule has 2 aromatic rings. The summed E-state index contributed by atoms with van der Waals surface area (Å²) >= 11 is 0. The fourth-order valence-electron chi connectivity index (χ4n) is 3.21. The number of likely N-dealkylation sites (tertiary alicyclic amines) is 1. The molecule has 1 atom stereocenters. The first-order chi connectivity index (χ1) is 14.0. The zero-order chi connectivity index (χ0) is 20.8. The first kappa shape index (κ1) is 20.6. The van der Waals surface area contributed by atoms with Crippen molar-refractivity contribution >= 4 is 17.8 Å². The summed E-state index contributed by atoms with van der Waals surface area (Å²) < 4.78 is 4.98. The van der Waals surface area contributed by atoms with Gasteiger partial charge in [-0.2, -0.15) is 0 Å². The molecule has 0 spiro atoms. The number of hydrogen-bond donors (Lipinski definition) is 1. The van der Waals surface area contributed by atoms with Crippen molar-refractivity contribution in [3.63, 3.8) is 0 Å². The van der Waals surface area contributed by atoms with Gasteiger partial charge in [0.25, 0.3) is 11.8 Å². The minimum Gasteiger partial charge on any atom is -0.383 e. The summed E-state index contributed by atoms with van der Waals surface area (Å²) in [7, 11) is 5.27. The number of ether oxygens (including phenoxy) is 1. The lowest BCUT2D eigenvalue weighted by Crippen LogP contribution is -2.31. The third-order valence-electron chi connectivity index (χ3n) is 4.71. The Morgan fingerprint density at radius 3 is 2.72 bits per heavy atom. The van der Waals surface area contributed by atoms with Crippen LogP contribution in [0.4, 0.5) is 5.95 Å². The Bertz CT molecular complexity index is 860. The molecule has 0 aliphatic carbocycles. The number of methoxy groups -OCH3 is 1. The van der Waals surface area contributed by atoms with Crippen LogP contribution < -0.4 is 10.2 Å². The molecule has 1 fully saturated rings. The van der Waals surface area contributed by atoms with E-state index in [0.717, 1.165) is 0 Å². The topological polar surface area (TPSA) is 113 Å². The maximum absolute atomic E-state index is 12.7. The zero-order valence-electron chi connectivity index (χ0n) is 16.8. The standard InChI is InChI=1S/C19H25N7O3/c1-25(2)19-23-10-15(17(27)22-5-7-29-3)16(24-19)13-4-6-26(11-13)18(28)14-8-20-12-21-9-14/h8-10,12-13H,4-7,11H2,1-3H3,(H,22,27). The molecule has 154 valence electrons. The van der Waals surface area contributed by atoms with E-state index in [0.29, 0.717) is 55.4 Å². The molecule has 2 aromatic heterocycles. The van der Waals surface area contributed by atoms with Gasteiger partial charge in [-0.05, 0) is 6.42 Å². The molecule has 3 heterocycles. The summed E-state index contributed by atoms with van der Waals surface area (Å²) in [4.78, 5) is 45.6. The summed E-state index contributed by atoms with van der Waals surface area (Å²) in [5.41, 5.74) is 1.52. The number of carbonyl (C=O) groups is 2. The normalized spacial score (nSPS) is 16.0. The van der Waals surface area contributed by atoms with Gasteiger partial charge >= 0.3 is 0 Å². The highest BCUT2D eigenvalue weighted by Gasteiger charge is 2.32. The number of nitrogens with zero attached hydrogens (tertiary/aromatic N) is 6. The molecular weight excluding hydrogens is 374 g/mol. The van der Waals surface area contributed by atoms with E-state index < -0.39 is 0 Å². The summed E-state index contributed by atoms with van der Waals surface area (Å²) in [6, 6.07) is 0. The highest BCUT2D eigenvalue weighted by atomic mass is 16.5. The first-order valence-corrected chi connectivity index (χ1v) is 9.37. The van der Waals surface area contributed by atoms with Crippen molar-refractivity contribution < 1.29 is 14.3 Å². The lowest BCUT2D eigenvalue weighted by molar-refractivity contribution is 0.0789. The van der Waals surface area contributed by atoms with Crippen LogP contribution in [0.3, 0.4) is 0 Å². The van der Waals surface area contributed by atoms with Crippen molar-refractivity contribution in [2.75, 3.05) is 52.3 Å². The number of amides is 2. The van der Waals surface area contributed by atoms with E-state index in [9.17, 15) is 9.59 Å². The largest absolute Gasteiger partial charge is 0.383 e. The van der Waals surface area contributed by atoms with E-state index in [2.05, 4.69) is 25.3 Å². The van der Waals surface area contributed by atoms with Gasteiger partial charge in [-0.3, -0.25) is 9.59 Å². The van der Waals surface area contributed by atoms with Gasteiger partial charge in [-0.25, -0.2) is 19.9 Å². The molecule has 0 radical (unpaired) electrons. The van der Waals surface area contributed by atoms with Crippen LogP contribution in [-0.2, 0) is 4.74 Å². The molecule has 0 saturated carbocycles. The molecule has 3 rings (SSSR count). The molecule has 29 heavy (non-hydrogen) atoms. The van der Waals surface area contributed by atoms with Gasteiger partial charge < -0.3 is 19.9 Å². The van der Waals surface area contributed by atoms with Gasteiger partial charge in [0.1, 0.15) is 6.33 Å². The molecule has 10 nitrogen and oxygen atoms in total. The number of aromatic nitrogens is 4. The number of hydrogen-bond acceptors (Lipinski definition) is 8. The van der Waals surface area contributed by atoms with Crippen LogP contribution in [0.5, 0.6) is 0 Å². The van der Waals surface area contributed by atoms with Crippen LogP contribution in [0.2, 0.25) is 0 Å². The van der Waals surface area contributed by atoms with E-state index in [-0.39, 0.29) is 17.7 Å². The second kappa shape index (κ2) is 9.37. The zero-order valence-corrected chi connectivity index (χ0v) is 16.8. The monoisotopic (exact) mass is 399 g/mol. The molecular formula is C19H25N7O3. The Morgan fingerprint density at radius 1 is 1.28 bits per heavy atom. The smallest absolute Gasteiger partial charge is 0.257 e. The highest BCUT2D eigenvalue weighted by Crippen LogP contribution is 2.30. The Morgan fingerprint density at radius 2 is 2.03 bits per heavy atom. The van der Waals surface area contributed by atoms with Gasteiger partial charge in [-0.1, -0.05) is 0 Å².